The van der Waals surface area contributed by atoms with Crippen LogP contribution in [-0.4, -0.2) is 23.9 Å². The van der Waals surface area contributed by atoms with Crippen molar-refractivity contribution in [3.05, 3.63) is 11.7 Å². The third-order valence-electron chi connectivity index (χ3n) is 5.73. The summed E-state index contributed by atoms with van der Waals surface area (Å²) in [6.07, 6.45) is 10.4. The van der Waals surface area contributed by atoms with E-state index in [4.69, 9.17) is 9.26 Å². The fourth-order valence-electron chi connectivity index (χ4n) is 5.48. The van der Waals surface area contributed by atoms with Gasteiger partial charge in [0.2, 0.25) is 5.89 Å². The summed E-state index contributed by atoms with van der Waals surface area (Å²) >= 11 is 0. The van der Waals surface area contributed by atoms with E-state index < -0.39 is 0 Å². The topological polar surface area (TPSA) is 48.2 Å². The van der Waals surface area contributed by atoms with Crippen molar-refractivity contribution in [2.24, 2.45) is 23.2 Å². The van der Waals surface area contributed by atoms with Crippen molar-refractivity contribution in [2.75, 3.05) is 13.7 Å². The molecule has 4 heteroatoms. The summed E-state index contributed by atoms with van der Waals surface area (Å²) in [4.78, 5) is 4.57. The third kappa shape index (κ3) is 2.28. The predicted molar refractivity (Wildman–Crippen MR) is 74.2 cm³/mol. The second kappa shape index (κ2) is 4.83. The third-order valence-corrected chi connectivity index (χ3v) is 5.73. The highest BCUT2D eigenvalue weighted by atomic mass is 16.5. The molecule has 0 atom stereocenters. The van der Waals surface area contributed by atoms with Gasteiger partial charge in [-0.15, -0.1) is 0 Å². The van der Waals surface area contributed by atoms with Gasteiger partial charge in [-0.1, -0.05) is 5.16 Å². The van der Waals surface area contributed by atoms with Crippen LogP contribution in [0.3, 0.4) is 0 Å². The number of nitrogens with zero attached hydrogens (tertiary/aromatic N) is 2. The van der Waals surface area contributed by atoms with Crippen LogP contribution in [0, 0.1) is 23.2 Å². The first-order chi connectivity index (χ1) is 9.75. The largest absolute Gasteiger partial charge is 0.384 e. The van der Waals surface area contributed by atoms with E-state index in [0.717, 1.165) is 42.3 Å². The lowest BCUT2D eigenvalue weighted by molar-refractivity contribution is -0.0556. The van der Waals surface area contributed by atoms with Gasteiger partial charge in [-0.05, 0) is 61.7 Å². The van der Waals surface area contributed by atoms with E-state index in [1.807, 2.05) is 0 Å². The van der Waals surface area contributed by atoms with Crippen molar-refractivity contribution in [2.45, 2.75) is 51.4 Å². The van der Waals surface area contributed by atoms with Crippen LogP contribution in [0.1, 0.15) is 50.2 Å². The second-order valence-corrected chi connectivity index (χ2v) is 7.44. The Morgan fingerprint density at radius 1 is 1.15 bits per heavy atom. The maximum atomic E-state index is 5.48. The van der Waals surface area contributed by atoms with E-state index in [1.165, 1.54) is 38.5 Å². The summed E-state index contributed by atoms with van der Waals surface area (Å²) < 4.78 is 10.6. The van der Waals surface area contributed by atoms with Crippen LogP contribution in [0.15, 0.2) is 4.52 Å². The average Bonchev–Trinajstić information content (AvgIpc) is 2.81. The molecule has 0 N–H and O–H groups in total. The summed E-state index contributed by atoms with van der Waals surface area (Å²) in [6, 6.07) is 0. The highest BCUT2D eigenvalue weighted by Gasteiger charge is 2.51. The fraction of sp³-hybridized carbons (Fsp3) is 0.875. The van der Waals surface area contributed by atoms with Crippen LogP contribution < -0.4 is 0 Å². The number of ether oxygens (including phenoxy) is 1. The van der Waals surface area contributed by atoms with Crippen molar-refractivity contribution in [3.63, 3.8) is 0 Å². The monoisotopic (exact) mass is 276 g/mol. The Hall–Kier alpha value is -0.900. The smallest absolute Gasteiger partial charge is 0.227 e. The number of aromatic nitrogens is 2. The van der Waals surface area contributed by atoms with Gasteiger partial charge in [0.1, 0.15) is 0 Å². The van der Waals surface area contributed by atoms with Gasteiger partial charge in [0.15, 0.2) is 5.82 Å². The molecule has 0 radical (unpaired) electrons. The first kappa shape index (κ1) is 12.8. The van der Waals surface area contributed by atoms with Gasteiger partial charge in [0.05, 0.1) is 6.61 Å². The van der Waals surface area contributed by atoms with Crippen LogP contribution >= 0.6 is 0 Å². The molecule has 4 aliphatic carbocycles. The van der Waals surface area contributed by atoms with Crippen LogP contribution in [0.5, 0.6) is 0 Å². The lowest BCUT2D eigenvalue weighted by Gasteiger charge is -2.56. The molecular weight excluding hydrogens is 252 g/mol. The minimum Gasteiger partial charge on any atom is -0.384 e. The SMILES string of the molecule is COCCc1noc(CC23CC4CC(CC(C4)C2)C3)n1. The first-order valence-electron chi connectivity index (χ1n) is 8.05. The summed E-state index contributed by atoms with van der Waals surface area (Å²) in [6.45, 7) is 0.663. The zero-order chi connectivity index (χ0) is 13.6. The van der Waals surface area contributed by atoms with Crippen molar-refractivity contribution in [1.29, 1.82) is 0 Å². The van der Waals surface area contributed by atoms with Crippen molar-refractivity contribution in [1.82, 2.24) is 10.1 Å². The molecule has 110 valence electrons. The summed E-state index contributed by atoms with van der Waals surface area (Å²) in [5.41, 5.74) is 0.486. The highest BCUT2D eigenvalue weighted by molar-refractivity contribution is 5.05. The summed E-state index contributed by atoms with van der Waals surface area (Å²) in [7, 11) is 1.70. The molecular formula is C16H24N2O2. The van der Waals surface area contributed by atoms with Gasteiger partial charge in [0.25, 0.3) is 0 Å². The molecule has 4 aliphatic rings. The zero-order valence-electron chi connectivity index (χ0n) is 12.3. The molecule has 1 aromatic rings. The van der Waals surface area contributed by atoms with E-state index in [9.17, 15) is 0 Å². The van der Waals surface area contributed by atoms with Gasteiger partial charge >= 0.3 is 0 Å². The molecule has 4 bridgehead atoms. The summed E-state index contributed by atoms with van der Waals surface area (Å²) in [5, 5.41) is 4.09. The van der Waals surface area contributed by atoms with Gasteiger partial charge < -0.3 is 9.26 Å². The molecule has 0 spiro atoms. The number of hydrogen-bond acceptors (Lipinski definition) is 4. The standard InChI is InChI=1S/C16H24N2O2/c1-19-3-2-14-17-15(20-18-14)10-16-7-11-4-12(8-16)6-13(5-11)9-16/h11-13H,2-10H2,1H3. The highest BCUT2D eigenvalue weighted by Crippen LogP contribution is 2.60. The van der Waals surface area contributed by atoms with E-state index >= 15 is 0 Å². The number of rotatable bonds is 5. The van der Waals surface area contributed by atoms with Crippen LogP contribution in [0.25, 0.3) is 0 Å². The lowest BCUT2D eigenvalue weighted by Crippen LogP contribution is -2.47. The molecule has 0 aromatic carbocycles. The Labute approximate surface area is 120 Å². The Balaban J connectivity index is 1.47. The van der Waals surface area contributed by atoms with Crippen LogP contribution in [0.2, 0.25) is 0 Å². The lowest BCUT2D eigenvalue weighted by atomic mass is 9.49. The molecule has 20 heavy (non-hydrogen) atoms. The maximum Gasteiger partial charge on any atom is 0.227 e. The van der Waals surface area contributed by atoms with Gasteiger partial charge in [-0.2, -0.15) is 4.98 Å². The Morgan fingerprint density at radius 3 is 2.40 bits per heavy atom. The van der Waals surface area contributed by atoms with Crippen molar-refractivity contribution >= 4 is 0 Å². The fourth-order valence-corrected chi connectivity index (χ4v) is 5.48. The van der Waals surface area contributed by atoms with Crippen molar-refractivity contribution < 1.29 is 9.26 Å². The molecule has 5 rings (SSSR count). The quantitative estimate of drug-likeness (QED) is 0.829. The minimum atomic E-state index is 0.486. The minimum absolute atomic E-state index is 0.486. The maximum absolute atomic E-state index is 5.48. The molecule has 1 heterocycles. The van der Waals surface area contributed by atoms with Crippen LogP contribution in [0.4, 0.5) is 0 Å². The van der Waals surface area contributed by atoms with Crippen LogP contribution in [-0.2, 0) is 17.6 Å². The zero-order valence-corrected chi connectivity index (χ0v) is 12.3. The Kier molecular flexibility index (Phi) is 3.09. The molecule has 4 fully saturated rings. The molecule has 0 aliphatic heterocycles. The van der Waals surface area contributed by atoms with E-state index in [1.54, 1.807) is 7.11 Å². The summed E-state index contributed by atoms with van der Waals surface area (Å²) in [5.74, 6) is 4.61. The second-order valence-electron chi connectivity index (χ2n) is 7.44. The number of methoxy groups -OCH3 is 1. The van der Waals surface area contributed by atoms with E-state index in [0.29, 0.717) is 12.0 Å². The van der Waals surface area contributed by atoms with Gasteiger partial charge in [0, 0.05) is 20.0 Å². The molecule has 4 saturated carbocycles. The van der Waals surface area contributed by atoms with Gasteiger partial charge in [-0.25, -0.2) is 0 Å². The average molecular weight is 276 g/mol. The van der Waals surface area contributed by atoms with Gasteiger partial charge in [-0.3, -0.25) is 0 Å². The number of hydrogen-bond donors (Lipinski definition) is 0. The molecule has 0 saturated heterocycles. The van der Waals surface area contributed by atoms with Crippen molar-refractivity contribution in [3.8, 4) is 0 Å². The molecule has 0 unspecified atom stereocenters. The molecule has 4 nitrogen and oxygen atoms in total. The first-order valence-corrected chi connectivity index (χ1v) is 8.05. The Morgan fingerprint density at radius 2 is 1.80 bits per heavy atom. The normalized spacial score (nSPS) is 38.5. The molecule has 0 amide bonds. The van der Waals surface area contributed by atoms with E-state index in [2.05, 4.69) is 10.1 Å². The Bertz CT molecular complexity index is 447. The molecule has 1 aromatic heterocycles. The predicted octanol–water partition coefficient (Wildman–Crippen LogP) is 3.02. The van der Waals surface area contributed by atoms with E-state index in [-0.39, 0.29) is 0 Å².